The van der Waals surface area contributed by atoms with Crippen molar-refractivity contribution in [1.82, 2.24) is 4.90 Å². The van der Waals surface area contributed by atoms with Gasteiger partial charge in [0.25, 0.3) is 0 Å². The van der Waals surface area contributed by atoms with Gasteiger partial charge in [0.15, 0.2) is 0 Å². The lowest BCUT2D eigenvalue weighted by Gasteiger charge is -2.25. The first kappa shape index (κ1) is 12.0. The van der Waals surface area contributed by atoms with Crippen molar-refractivity contribution in [3.05, 3.63) is 34.9 Å². The first-order chi connectivity index (χ1) is 7.72. The van der Waals surface area contributed by atoms with Crippen LogP contribution in [0.1, 0.15) is 35.6 Å². The molecule has 1 aliphatic carbocycles. The van der Waals surface area contributed by atoms with Crippen LogP contribution in [0.15, 0.2) is 18.2 Å². The molecule has 2 heteroatoms. The summed E-state index contributed by atoms with van der Waals surface area (Å²) in [5, 5.41) is 0. The molecule has 1 aromatic carbocycles. The summed E-state index contributed by atoms with van der Waals surface area (Å²) in [5.74, 6) is 0.881. The van der Waals surface area contributed by atoms with Gasteiger partial charge in [-0.15, -0.1) is 0 Å². The highest BCUT2D eigenvalue weighted by molar-refractivity contribution is 7.80. The van der Waals surface area contributed by atoms with Crippen molar-refractivity contribution in [2.24, 2.45) is 0 Å². The summed E-state index contributed by atoms with van der Waals surface area (Å²) in [6.07, 6.45) is 5.24. The van der Waals surface area contributed by atoms with E-state index in [-0.39, 0.29) is 0 Å². The Morgan fingerprint density at radius 2 is 1.88 bits per heavy atom. The summed E-state index contributed by atoms with van der Waals surface area (Å²) in [4.78, 5) is 2.25. The first-order valence-electron chi connectivity index (χ1n) is 6.11. The molecule has 0 fully saturated rings. The molecule has 2 rings (SSSR count). The van der Waals surface area contributed by atoms with E-state index in [0.717, 1.165) is 5.75 Å². The highest BCUT2D eigenvalue weighted by atomic mass is 32.1. The normalized spacial score (nSPS) is 17.2. The Morgan fingerprint density at radius 1 is 1.19 bits per heavy atom. The predicted octanol–water partition coefficient (Wildman–Crippen LogP) is 3.10. The molecule has 0 saturated heterocycles. The molecular formula is C14H21NS. The van der Waals surface area contributed by atoms with E-state index in [1.54, 1.807) is 11.1 Å². The van der Waals surface area contributed by atoms with Crippen molar-refractivity contribution in [2.75, 3.05) is 19.8 Å². The van der Waals surface area contributed by atoms with Gasteiger partial charge in [-0.3, -0.25) is 0 Å². The summed E-state index contributed by atoms with van der Waals surface area (Å²) in [5.41, 5.74) is 4.55. The highest BCUT2D eigenvalue weighted by Crippen LogP contribution is 2.26. The maximum atomic E-state index is 4.45. The number of thiol groups is 1. The minimum Gasteiger partial charge on any atom is -0.302 e. The average Bonchev–Trinajstić information content (AvgIpc) is 2.29. The summed E-state index contributed by atoms with van der Waals surface area (Å²) in [6.45, 7) is 0. The third-order valence-electron chi connectivity index (χ3n) is 3.55. The quantitative estimate of drug-likeness (QED) is 0.788. The third-order valence-corrected chi connectivity index (χ3v) is 3.90. The molecule has 1 atom stereocenters. The van der Waals surface area contributed by atoms with Crippen molar-refractivity contribution >= 4 is 12.6 Å². The van der Waals surface area contributed by atoms with Crippen LogP contribution in [0.25, 0.3) is 0 Å². The van der Waals surface area contributed by atoms with E-state index >= 15 is 0 Å². The molecule has 16 heavy (non-hydrogen) atoms. The van der Waals surface area contributed by atoms with Gasteiger partial charge in [-0.25, -0.2) is 0 Å². The van der Waals surface area contributed by atoms with Crippen LogP contribution in [0, 0.1) is 0 Å². The SMILES string of the molecule is CN(C)C(CS)c1ccc2c(c1)CCCC2. The molecule has 1 aliphatic rings. The molecule has 1 aromatic rings. The van der Waals surface area contributed by atoms with E-state index in [2.05, 4.69) is 49.8 Å². The van der Waals surface area contributed by atoms with Gasteiger partial charge in [0.1, 0.15) is 0 Å². The van der Waals surface area contributed by atoms with E-state index < -0.39 is 0 Å². The van der Waals surface area contributed by atoms with Crippen molar-refractivity contribution in [3.63, 3.8) is 0 Å². The van der Waals surface area contributed by atoms with Crippen LogP contribution in [0.4, 0.5) is 0 Å². The molecule has 0 N–H and O–H groups in total. The zero-order valence-electron chi connectivity index (χ0n) is 10.2. The Labute approximate surface area is 104 Å². The lowest BCUT2D eigenvalue weighted by atomic mass is 9.89. The lowest BCUT2D eigenvalue weighted by molar-refractivity contribution is 0.326. The van der Waals surface area contributed by atoms with Crippen LogP contribution in [0.5, 0.6) is 0 Å². The molecule has 0 bridgehead atoms. The number of hydrogen-bond acceptors (Lipinski definition) is 2. The minimum absolute atomic E-state index is 0.440. The zero-order chi connectivity index (χ0) is 11.5. The standard InChI is InChI=1S/C14H21NS/c1-15(2)14(10-16)13-8-7-11-5-3-4-6-12(11)9-13/h7-9,14,16H,3-6,10H2,1-2H3. The Balaban J connectivity index is 2.28. The Morgan fingerprint density at radius 3 is 2.50 bits per heavy atom. The van der Waals surface area contributed by atoms with Crippen molar-refractivity contribution in [3.8, 4) is 0 Å². The van der Waals surface area contributed by atoms with Gasteiger partial charge >= 0.3 is 0 Å². The van der Waals surface area contributed by atoms with E-state index in [1.807, 2.05) is 0 Å². The number of benzene rings is 1. The van der Waals surface area contributed by atoms with Crippen LogP contribution in [-0.4, -0.2) is 24.7 Å². The molecule has 0 spiro atoms. The third kappa shape index (κ3) is 2.44. The molecule has 0 radical (unpaired) electrons. The fourth-order valence-electron chi connectivity index (χ4n) is 2.53. The first-order valence-corrected chi connectivity index (χ1v) is 6.74. The second-order valence-corrected chi connectivity index (χ2v) is 5.26. The Hall–Kier alpha value is -0.470. The fourth-order valence-corrected chi connectivity index (χ4v) is 3.06. The number of aryl methyl sites for hydroxylation is 2. The molecule has 88 valence electrons. The average molecular weight is 235 g/mol. The van der Waals surface area contributed by atoms with Gasteiger partial charge in [0.05, 0.1) is 0 Å². The van der Waals surface area contributed by atoms with Gasteiger partial charge in [-0.1, -0.05) is 18.2 Å². The summed E-state index contributed by atoms with van der Waals surface area (Å²) >= 11 is 4.45. The molecule has 0 heterocycles. The minimum atomic E-state index is 0.440. The van der Waals surface area contributed by atoms with Crippen molar-refractivity contribution < 1.29 is 0 Å². The molecule has 1 nitrogen and oxygen atoms in total. The summed E-state index contributed by atoms with van der Waals surface area (Å²) in [7, 11) is 4.25. The number of fused-ring (bicyclic) bond motifs is 1. The van der Waals surface area contributed by atoms with Crippen LogP contribution >= 0.6 is 12.6 Å². The predicted molar refractivity (Wildman–Crippen MR) is 73.4 cm³/mol. The molecule has 0 aromatic heterocycles. The van der Waals surface area contributed by atoms with E-state index in [9.17, 15) is 0 Å². The second kappa shape index (κ2) is 5.24. The van der Waals surface area contributed by atoms with Gasteiger partial charge < -0.3 is 4.90 Å². The zero-order valence-corrected chi connectivity index (χ0v) is 11.1. The monoisotopic (exact) mass is 235 g/mol. The maximum absolute atomic E-state index is 4.45. The van der Waals surface area contributed by atoms with Crippen molar-refractivity contribution in [1.29, 1.82) is 0 Å². The van der Waals surface area contributed by atoms with Crippen molar-refractivity contribution in [2.45, 2.75) is 31.7 Å². The number of nitrogens with zero attached hydrogens (tertiary/aromatic N) is 1. The maximum Gasteiger partial charge on any atom is 0.0430 e. The lowest BCUT2D eigenvalue weighted by Crippen LogP contribution is -2.21. The number of rotatable bonds is 3. The van der Waals surface area contributed by atoms with Crippen LogP contribution < -0.4 is 0 Å². The van der Waals surface area contributed by atoms with E-state index in [0.29, 0.717) is 6.04 Å². The molecular weight excluding hydrogens is 214 g/mol. The largest absolute Gasteiger partial charge is 0.302 e. The van der Waals surface area contributed by atoms with Crippen LogP contribution in [-0.2, 0) is 12.8 Å². The van der Waals surface area contributed by atoms with Gasteiger partial charge in [-0.2, -0.15) is 12.6 Å². The van der Waals surface area contributed by atoms with E-state index in [1.165, 1.54) is 31.2 Å². The number of hydrogen-bond donors (Lipinski definition) is 1. The topological polar surface area (TPSA) is 3.24 Å². The summed E-state index contributed by atoms with van der Waals surface area (Å²) < 4.78 is 0. The van der Waals surface area contributed by atoms with Gasteiger partial charge in [0.2, 0.25) is 0 Å². The molecule has 0 saturated carbocycles. The molecule has 0 aliphatic heterocycles. The summed E-state index contributed by atoms with van der Waals surface area (Å²) in [6, 6.07) is 7.44. The smallest absolute Gasteiger partial charge is 0.0430 e. The van der Waals surface area contributed by atoms with Crippen LogP contribution in [0.3, 0.4) is 0 Å². The highest BCUT2D eigenvalue weighted by Gasteiger charge is 2.15. The second-order valence-electron chi connectivity index (χ2n) is 4.90. The Bertz CT molecular complexity index is 360. The molecule has 1 unspecified atom stereocenters. The fraction of sp³-hybridized carbons (Fsp3) is 0.571. The molecule has 0 amide bonds. The van der Waals surface area contributed by atoms with E-state index in [4.69, 9.17) is 0 Å². The Kier molecular flexibility index (Phi) is 3.93. The van der Waals surface area contributed by atoms with Gasteiger partial charge in [0, 0.05) is 11.8 Å². The van der Waals surface area contributed by atoms with Gasteiger partial charge in [-0.05, 0) is 56.5 Å². The van der Waals surface area contributed by atoms with Crippen LogP contribution in [0.2, 0.25) is 0 Å².